The summed E-state index contributed by atoms with van der Waals surface area (Å²) in [5.41, 5.74) is 3.74. The number of ether oxygens (including phenoxy) is 1. The lowest BCUT2D eigenvalue weighted by molar-refractivity contribution is 0.102. The Bertz CT molecular complexity index is 1130. The summed E-state index contributed by atoms with van der Waals surface area (Å²) in [4.78, 5) is 17.1. The summed E-state index contributed by atoms with van der Waals surface area (Å²) in [7, 11) is 1.61. The first-order chi connectivity index (χ1) is 14.1. The lowest BCUT2D eigenvalue weighted by Crippen LogP contribution is -2.12. The van der Waals surface area contributed by atoms with Crippen molar-refractivity contribution in [2.75, 3.05) is 12.4 Å². The Morgan fingerprint density at radius 1 is 0.966 bits per heavy atom. The molecule has 3 aromatic carbocycles. The molecule has 1 aromatic heterocycles. The number of hydrogen-bond donors (Lipinski definition) is 1. The van der Waals surface area contributed by atoms with Crippen LogP contribution in [0.2, 0.25) is 0 Å². The van der Waals surface area contributed by atoms with Gasteiger partial charge in [0.15, 0.2) is 0 Å². The number of anilines is 1. The molecule has 6 nitrogen and oxygen atoms in total. The van der Waals surface area contributed by atoms with Gasteiger partial charge in [-0.05, 0) is 55.5 Å². The molecule has 1 N–H and O–H groups in total. The lowest BCUT2D eigenvalue weighted by atomic mass is 10.1. The smallest absolute Gasteiger partial charge is 0.260 e. The van der Waals surface area contributed by atoms with Gasteiger partial charge in [-0.1, -0.05) is 35.0 Å². The average Bonchev–Trinajstić information content (AvgIpc) is 3.25. The van der Waals surface area contributed by atoms with Crippen molar-refractivity contribution in [3.8, 4) is 28.6 Å². The van der Waals surface area contributed by atoms with Crippen LogP contribution in [0.3, 0.4) is 0 Å². The Morgan fingerprint density at radius 2 is 1.69 bits per heavy atom. The molecule has 0 aliphatic rings. The third-order valence-corrected chi connectivity index (χ3v) is 4.49. The number of nitrogens with one attached hydrogen (secondary N) is 1. The standard InChI is InChI=1S/C23H19N3O3/c1-15-7-9-17(10-8-15)22(27)24-20-6-4-3-5-19(20)23-25-21(26-29-23)16-11-13-18(28-2)14-12-16/h3-14H,1-2H3,(H,24,27). The molecule has 0 bridgehead atoms. The number of rotatable bonds is 5. The van der Waals surface area contributed by atoms with Gasteiger partial charge in [0.1, 0.15) is 5.75 Å². The zero-order valence-electron chi connectivity index (χ0n) is 16.0. The van der Waals surface area contributed by atoms with Crippen LogP contribution < -0.4 is 10.1 Å². The van der Waals surface area contributed by atoms with Crippen molar-refractivity contribution >= 4 is 11.6 Å². The van der Waals surface area contributed by atoms with Gasteiger partial charge in [-0.25, -0.2) is 0 Å². The summed E-state index contributed by atoms with van der Waals surface area (Å²) in [5.74, 6) is 1.34. The van der Waals surface area contributed by atoms with E-state index in [0.717, 1.165) is 16.9 Å². The summed E-state index contributed by atoms with van der Waals surface area (Å²) in [6.07, 6.45) is 0. The second-order valence-corrected chi connectivity index (χ2v) is 6.52. The van der Waals surface area contributed by atoms with E-state index in [1.54, 1.807) is 25.3 Å². The zero-order chi connectivity index (χ0) is 20.2. The summed E-state index contributed by atoms with van der Waals surface area (Å²) in [6.45, 7) is 1.98. The van der Waals surface area contributed by atoms with Gasteiger partial charge in [0.05, 0.1) is 18.4 Å². The fraction of sp³-hybridized carbons (Fsp3) is 0.0870. The number of nitrogens with zero attached hydrogens (tertiary/aromatic N) is 2. The molecule has 0 unspecified atom stereocenters. The minimum Gasteiger partial charge on any atom is -0.497 e. The maximum Gasteiger partial charge on any atom is 0.260 e. The van der Waals surface area contributed by atoms with Crippen LogP contribution in [0.4, 0.5) is 5.69 Å². The number of carbonyl (C=O) groups is 1. The first-order valence-corrected chi connectivity index (χ1v) is 9.09. The summed E-state index contributed by atoms with van der Waals surface area (Å²) in [5, 5.41) is 6.99. The van der Waals surface area contributed by atoms with Gasteiger partial charge >= 0.3 is 0 Å². The minimum atomic E-state index is -0.202. The van der Waals surface area contributed by atoms with Crippen molar-refractivity contribution in [1.29, 1.82) is 0 Å². The number of methoxy groups -OCH3 is 1. The summed E-state index contributed by atoms with van der Waals surface area (Å²) < 4.78 is 10.6. The molecule has 1 amide bonds. The Balaban J connectivity index is 1.60. The molecule has 0 atom stereocenters. The minimum absolute atomic E-state index is 0.202. The second kappa shape index (κ2) is 7.98. The summed E-state index contributed by atoms with van der Waals surface area (Å²) in [6, 6.07) is 22.1. The van der Waals surface area contributed by atoms with Gasteiger partial charge < -0.3 is 14.6 Å². The van der Waals surface area contributed by atoms with Crippen molar-refractivity contribution in [2.45, 2.75) is 6.92 Å². The van der Waals surface area contributed by atoms with Gasteiger partial charge in [-0.3, -0.25) is 4.79 Å². The SMILES string of the molecule is COc1ccc(-c2noc(-c3ccccc3NC(=O)c3ccc(C)cc3)n2)cc1. The van der Waals surface area contributed by atoms with Crippen molar-refractivity contribution in [3.63, 3.8) is 0 Å². The first kappa shape index (κ1) is 18.4. The van der Waals surface area contributed by atoms with Crippen molar-refractivity contribution in [1.82, 2.24) is 10.1 Å². The Hall–Kier alpha value is -3.93. The third-order valence-electron chi connectivity index (χ3n) is 4.49. The van der Waals surface area contributed by atoms with Crippen LogP contribution in [0.15, 0.2) is 77.3 Å². The molecule has 0 aliphatic carbocycles. The topological polar surface area (TPSA) is 77.3 Å². The number of aryl methyl sites for hydroxylation is 1. The molecule has 144 valence electrons. The van der Waals surface area contributed by atoms with E-state index in [2.05, 4.69) is 15.5 Å². The zero-order valence-corrected chi connectivity index (χ0v) is 16.0. The molecule has 0 saturated carbocycles. The number of carbonyl (C=O) groups excluding carboxylic acids is 1. The predicted molar refractivity (Wildman–Crippen MR) is 111 cm³/mol. The summed E-state index contributed by atoms with van der Waals surface area (Å²) >= 11 is 0. The van der Waals surface area contributed by atoms with E-state index in [4.69, 9.17) is 9.26 Å². The molecule has 0 aliphatic heterocycles. The molecule has 0 spiro atoms. The van der Waals surface area contributed by atoms with Gasteiger partial charge in [0, 0.05) is 11.1 Å². The average molecular weight is 385 g/mol. The van der Waals surface area contributed by atoms with E-state index >= 15 is 0 Å². The van der Waals surface area contributed by atoms with Gasteiger partial charge in [-0.15, -0.1) is 0 Å². The predicted octanol–water partition coefficient (Wildman–Crippen LogP) is 4.97. The number of benzene rings is 3. The molecule has 0 saturated heterocycles. The van der Waals surface area contributed by atoms with E-state index in [1.165, 1.54) is 0 Å². The largest absolute Gasteiger partial charge is 0.497 e. The maximum absolute atomic E-state index is 12.6. The van der Waals surface area contributed by atoms with E-state index in [1.807, 2.05) is 61.5 Å². The highest BCUT2D eigenvalue weighted by Crippen LogP contribution is 2.29. The molecule has 29 heavy (non-hydrogen) atoms. The van der Waals surface area contributed by atoms with E-state index in [-0.39, 0.29) is 5.91 Å². The quantitative estimate of drug-likeness (QED) is 0.525. The van der Waals surface area contributed by atoms with E-state index in [9.17, 15) is 4.79 Å². The molecule has 4 rings (SSSR count). The van der Waals surface area contributed by atoms with E-state index in [0.29, 0.717) is 28.5 Å². The van der Waals surface area contributed by atoms with Crippen LogP contribution in [-0.4, -0.2) is 23.2 Å². The number of aromatic nitrogens is 2. The van der Waals surface area contributed by atoms with Crippen LogP contribution in [0.1, 0.15) is 15.9 Å². The van der Waals surface area contributed by atoms with Crippen LogP contribution in [-0.2, 0) is 0 Å². The van der Waals surface area contributed by atoms with E-state index < -0.39 is 0 Å². The monoisotopic (exact) mass is 385 g/mol. The molecule has 0 fully saturated rings. The molecule has 4 aromatic rings. The van der Waals surface area contributed by atoms with Crippen LogP contribution in [0, 0.1) is 6.92 Å². The molecular weight excluding hydrogens is 366 g/mol. The molecular formula is C23H19N3O3. The Labute approximate surface area is 168 Å². The Kier molecular flexibility index (Phi) is 5.07. The highest BCUT2D eigenvalue weighted by molar-refractivity contribution is 6.06. The Morgan fingerprint density at radius 3 is 2.41 bits per heavy atom. The third kappa shape index (κ3) is 4.01. The number of amides is 1. The molecule has 1 heterocycles. The first-order valence-electron chi connectivity index (χ1n) is 9.09. The van der Waals surface area contributed by atoms with Gasteiger partial charge in [-0.2, -0.15) is 4.98 Å². The maximum atomic E-state index is 12.6. The van der Waals surface area contributed by atoms with Crippen LogP contribution >= 0.6 is 0 Å². The fourth-order valence-corrected chi connectivity index (χ4v) is 2.87. The molecule has 6 heteroatoms. The number of hydrogen-bond acceptors (Lipinski definition) is 5. The highest BCUT2D eigenvalue weighted by Gasteiger charge is 2.16. The second-order valence-electron chi connectivity index (χ2n) is 6.52. The van der Waals surface area contributed by atoms with Gasteiger partial charge in [0.2, 0.25) is 5.82 Å². The van der Waals surface area contributed by atoms with Crippen molar-refractivity contribution in [2.24, 2.45) is 0 Å². The fourth-order valence-electron chi connectivity index (χ4n) is 2.87. The highest BCUT2D eigenvalue weighted by atomic mass is 16.5. The van der Waals surface area contributed by atoms with Gasteiger partial charge in [0.25, 0.3) is 11.8 Å². The lowest BCUT2D eigenvalue weighted by Gasteiger charge is -2.08. The van der Waals surface area contributed by atoms with Crippen LogP contribution in [0.25, 0.3) is 22.8 Å². The van der Waals surface area contributed by atoms with Crippen LogP contribution in [0.5, 0.6) is 5.75 Å². The van der Waals surface area contributed by atoms with Crippen molar-refractivity contribution < 1.29 is 14.1 Å². The normalized spacial score (nSPS) is 10.6. The number of para-hydroxylation sites is 1. The van der Waals surface area contributed by atoms with Crippen molar-refractivity contribution in [3.05, 3.63) is 83.9 Å². The molecule has 0 radical (unpaired) electrons.